The number of nitrogens with zero attached hydrogens (tertiary/aromatic N) is 3. The molecule has 2 aliphatic rings. The topological polar surface area (TPSA) is 21.1 Å². The molecule has 0 unspecified atom stereocenters. The zero-order valence-electron chi connectivity index (χ0n) is 13.3. The van der Waals surface area contributed by atoms with Crippen LogP contribution in [0.15, 0.2) is 49.4 Å². The Bertz CT molecular complexity index is 613. The van der Waals surface area contributed by atoms with E-state index in [0.717, 1.165) is 25.8 Å². The molecule has 0 saturated carbocycles. The van der Waals surface area contributed by atoms with Crippen LogP contribution in [0.1, 0.15) is 30.7 Å². The molecule has 3 nitrogen and oxygen atoms in total. The highest BCUT2D eigenvalue weighted by Crippen LogP contribution is 2.29. The molecule has 0 aromatic carbocycles. The van der Waals surface area contributed by atoms with E-state index < -0.39 is 0 Å². The standard InChI is InChI=1S/C19H25N3/c1-3-5-8-18-16(4-2)9-10-19-17(20-15-22(18)19)11-14-21-12-6-7-13-21/h3-5,8,15H,1-2,6-7,9-14H2/b8-5-. The summed E-state index contributed by atoms with van der Waals surface area (Å²) in [6.07, 6.45) is 15.7. The largest absolute Gasteiger partial charge is 0.303 e. The number of aromatic nitrogens is 2. The van der Waals surface area contributed by atoms with Crippen molar-refractivity contribution in [2.45, 2.75) is 32.1 Å². The van der Waals surface area contributed by atoms with Crippen LogP contribution in [0.5, 0.6) is 0 Å². The molecule has 3 heteroatoms. The third-order valence-corrected chi connectivity index (χ3v) is 4.67. The number of hydrogen-bond donors (Lipinski definition) is 0. The molecule has 1 saturated heterocycles. The van der Waals surface area contributed by atoms with Crippen LogP contribution in [0.3, 0.4) is 0 Å². The predicted molar refractivity (Wildman–Crippen MR) is 92.7 cm³/mol. The zero-order valence-corrected chi connectivity index (χ0v) is 13.3. The minimum atomic E-state index is 1.04. The molecule has 0 spiro atoms. The molecule has 0 radical (unpaired) electrons. The van der Waals surface area contributed by atoms with E-state index in [9.17, 15) is 0 Å². The van der Waals surface area contributed by atoms with E-state index in [-0.39, 0.29) is 0 Å². The molecule has 2 aliphatic heterocycles. The maximum atomic E-state index is 4.69. The van der Waals surface area contributed by atoms with Gasteiger partial charge in [0, 0.05) is 24.4 Å². The van der Waals surface area contributed by atoms with Gasteiger partial charge < -0.3 is 9.47 Å². The second kappa shape index (κ2) is 6.93. The number of rotatable bonds is 6. The maximum absolute atomic E-state index is 4.69. The second-order valence-corrected chi connectivity index (χ2v) is 6.02. The highest BCUT2D eigenvalue weighted by Gasteiger charge is 2.20. The number of imidazole rings is 1. The Morgan fingerprint density at radius 3 is 2.73 bits per heavy atom. The van der Waals surface area contributed by atoms with Crippen LogP contribution in [-0.4, -0.2) is 34.1 Å². The van der Waals surface area contributed by atoms with Crippen LogP contribution in [0, 0.1) is 0 Å². The first-order chi connectivity index (χ1) is 10.8. The summed E-state index contributed by atoms with van der Waals surface area (Å²) < 4.78 is 2.24. The van der Waals surface area contributed by atoms with Gasteiger partial charge in [0.2, 0.25) is 0 Å². The van der Waals surface area contributed by atoms with Gasteiger partial charge >= 0.3 is 0 Å². The molecule has 3 heterocycles. The molecule has 116 valence electrons. The van der Waals surface area contributed by atoms with E-state index in [4.69, 9.17) is 4.98 Å². The van der Waals surface area contributed by atoms with E-state index in [2.05, 4.69) is 28.7 Å². The van der Waals surface area contributed by atoms with Crippen LogP contribution in [0.2, 0.25) is 0 Å². The van der Waals surface area contributed by atoms with Gasteiger partial charge in [0.05, 0.1) is 12.0 Å². The Kier molecular flexibility index (Phi) is 4.74. The fraction of sp³-hybridized carbons (Fsp3) is 0.421. The average Bonchev–Trinajstić information content (AvgIpc) is 3.19. The molecule has 3 rings (SSSR count). The minimum absolute atomic E-state index is 1.04. The monoisotopic (exact) mass is 295 g/mol. The Labute approximate surface area is 133 Å². The second-order valence-electron chi connectivity index (χ2n) is 6.02. The number of likely N-dealkylation sites (tertiary alicyclic amines) is 1. The number of fused-ring (bicyclic) bond motifs is 1. The number of hydrogen-bond acceptors (Lipinski definition) is 2. The molecule has 0 amide bonds. The van der Waals surface area contributed by atoms with E-state index >= 15 is 0 Å². The maximum Gasteiger partial charge on any atom is 0.0997 e. The first-order valence-electron chi connectivity index (χ1n) is 8.26. The highest BCUT2D eigenvalue weighted by atomic mass is 15.1. The van der Waals surface area contributed by atoms with Crippen molar-refractivity contribution in [3.05, 3.63) is 60.8 Å². The third kappa shape index (κ3) is 3.00. The fourth-order valence-electron chi connectivity index (χ4n) is 3.45. The Morgan fingerprint density at radius 1 is 1.18 bits per heavy atom. The summed E-state index contributed by atoms with van der Waals surface area (Å²) in [6.45, 7) is 11.4. The van der Waals surface area contributed by atoms with E-state index in [1.54, 1.807) is 0 Å². The lowest BCUT2D eigenvalue weighted by molar-refractivity contribution is 0.342. The van der Waals surface area contributed by atoms with Crippen molar-refractivity contribution in [3.8, 4) is 0 Å². The predicted octanol–water partition coefficient (Wildman–Crippen LogP) is 3.61. The Morgan fingerprint density at radius 2 is 2.00 bits per heavy atom. The first kappa shape index (κ1) is 15.0. The lowest BCUT2D eigenvalue weighted by Crippen LogP contribution is -2.22. The Balaban J connectivity index is 1.81. The summed E-state index contributed by atoms with van der Waals surface area (Å²) in [5.41, 5.74) is 5.11. The smallest absolute Gasteiger partial charge is 0.0997 e. The lowest BCUT2D eigenvalue weighted by Gasteiger charge is -2.20. The SMILES string of the molecule is C=C/C=C\C1=C(C=C)CCc2c(CCN3CCCC3)ncn21. The van der Waals surface area contributed by atoms with Crippen LogP contribution >= 0.6 is 0 Å². The summed E-state index contributed by atoms with van der Waals surface area (Å²) in [7, 11) is 0. The minimum Gasteiger partial charge on any atom is -0.303 e. The molecule has 0 atom stereocenters. The van der Waals surface area contributed by atoms with Crippen molar-refractivity contribution >= 4 is 5.70 Å². The van der Waals surface area contributed by atoms with Gasteiger partial charge in [0.1, 0.15) is 0 Å². The molecule has 0 N–H and O–H groups in total. The van der Waals surface area contributed by atoms with E-state index in [0.29, 0.717) is 0 Å². The summed E-state index contributed by atoms with van der Waals surface area (Å²) in [5.74, 6) is 0. The van der Waals surface area contributed by atoms with Gasteiger partial charge in [0.15, 0.2) is 0 Å². The van der Waals surface area contributed by atoms with Gasteiger partial charge in [-0.15, -0.1) is 0 Å². The van der Waals surface area contributed by atoms with Gasteiger partial charge in [-0.05, 0) is 50.4 Å². The van der Waals surface area contributed by atoms with Crippen molar-refractivity contribution in [2.75, 3.05) is 19.6 Å². The van der Waals surface area contributed by atoms with Crippen molar-refractivity contribution in [1.82, 2.24) is 14.5 Å². The van der Waals surface area contributed by atoms with Crippen molar-refractivity contribution in [3.63, 3.8) is 0 Å². The average molecular weight is 295 g/mol. The van der Waals surface area contributed by atoms with Crippen molar-refractivity contribution in [2.24, 2.45) is 0 Å². The number of allylic oxidation sites excluding steroid dienone is 6. The normalized spacial score (nSPS) is 18.9. The molecule has 22 heavy (non-hydrogen) atoms. The fourth-order valence-corrected chi connectivity index (χ4v) is 3.45. The summed E-state index contributed by atoms with van der Waals surface area (Å²) in [5, 5.41) is 0. The summed E-state index contributed by atoms with van der Waals surface area (Å²) in [6, 6.07) is 0. The van der Waals surface area contributed by atoms with Crippen LogP contribution in [0.4, 0.5) is 0 Å². The quantitative estimate of drug-likeness (QED) is 0.748. The van der Waals surface area contributed by atoms with Crippen LogP contribution in [0.25, 0.3) is 5.70 Å². The van der Waals surface area contributed by atoms with Gasteiger partial charge in [-0.2, -0.15) is 0 Å². The molecule has 0 bridgehead atoms. The lowest BCUT2D eigenvalue weighted by atomic mass is 9.99. The van der Waals surface area contributed by atoms with Crippen LogP contribution < -0.4 is 0 Å². The molecular formula is C19H25N3. The summed E-state index contributed by atoms with van der Waals surface area (Å²) >= 11 is 0. The van der Waals surface area contributed by atoms with Crippen molar-refractivity contribution in [1.29, 1.82) is 0 Å². The molecular weight excluding hydrogens is 270 g/mol. The van der Waals surface area contributed by atoms with Gasteiger partial charge in [-0.25, -0.2) is 4.98 Å². The molecule has 1 aromatic rings. The van der Waals surface area contributed by atoms with E-state index in [1.165, 1.54) is 48.6 Å². The van der Waals surface area contributed by atoms with Gasteiger partial charge in [-0.1, -0.05) is 31.4 Å². The molecule has 1 aromatic heterocycles. The van der Waals surface area contributed by atoms with E-state index in [1.807, 2.05) is 24.6 Å². The zero-order chi connectivity index (χ0) is 15.4. The molecule has 1 fully saturated rings. The third-order valence-electron chi connectivity index (χ3n) is 4.67. The summed E-state index contributed by atoms with van der Waals surface area (Å²) in [4.78, 5) is 7.25. The Hall–Kier alpha value is -1.87. The van der Waals surface area contributed by atoms with Gasteiger partial charge in [-0.3, -0.25) is 0 Å². The van der Waals surface area contributed by atoms with Crippen molar-refractivity contribution < 1.29 is 0 Å². The van der Waals surface area contributed by atoms with Crippen LogP contribution in [-0.2, 0) is 12.8 Å². The highest BCUT2D eigenvalue weighted by molar-refractivity contribution is 5.67. The first-order valence-corrected chi connectivity index (χ1v) is 8.26. The van der Waals surface area contributed by atoms with Gasteiger partial charge in [0.25, 0.3) is 0 Å². The molecule has 0 aliphatic carbocycles.